The quantitative estimate of drug-likeness (QED) is 0.791. The number of aryl methyl sites for hydroxylation is 2. The molecule has 0 aromatic heterocycles. The molecule has 0 aliphatic rings. The number of rotatable bonds is 3. The molecule has 0 fully saturated rings. The first-order valence-corrected chi connectivity index (χ1v) is 4.83. The first kappa shape index (κ1) is 10.9. The smallest absolute Gasteiger partial charge is 0.146 e. The highest BCUT2D eigenvalue weighted by Gasteiger charge is 2.10. The number of benzene rings is 1. The van der Waals surface area contributed by atoms with Gasteiger partial charge in [-0.15, -0.1) is 0 Å². The molecule has 0 spiro atoms. The van der Waals surface area contributed by atoms with E-state index in [0.29, 0.717) is 6.42 Å². The minimum absolute atomic E-state index is 0.0463. The molecule has 1 aromatic rings. The van der Waals surface area contributed by atoms with Gasteiger partial charge in [-0.3, -0.25) is 4.79 Å². The molecule has 2 nitrogen and oxygen atoms in total. The molecule has 1 unspecified atom stereocenters. The number of carbonyl (C=O) groups excluding carboxylic acids is 1. The Balaban J connectivity index is 2.82. The summed E-state index contributed by atoms with van der Waals surface area (Å²) >= 11 is 0. The zero-order chi connectivity index (χ0) is 10.7. The standard InChI is InChI=1S/C12H17NO/c1-8-4-5-11(9(2)6-8)7-12(13)10(3)14/h4-6,12H,7,13H2,1-3H3. The maximum absolute atomic E-state index is 11.0. The highest BCUT2D eigenvalue weighted by molar-refractivity contribution is 5.81. The molecule has 76 valence electrons. The van der Waals surface area contributed by atoms with E-state index in [1.807, 2.05) is 6.07 Å². The summed E-state index contributed by atoms with van der Waals surface area (Å²) in [6.45, 7) is 5.64. The fraction of sp³-hybridized carbons (Fsp3) is 0.417. The zero-order valence-electron chi connectivity index (χ0n) is 9.00. The summed E-state index contributed by atoms with van der Waals surface area (Å²) in [5, 5.41) is 0. The fourth-order valence-corrected chi connectivity index (χ4v) is 1.46. The van der Waals surface area contributed by atoms with Crippen molar-refractivity contribution in [2.75, 3.05) is 0 Å². The van der Waals surface area contributed by atoms with E-state index in [2.05, 4.69) is 26.0 Å². The van der Waals surface area contributed by atoms with Crippen LogP contribution < -0.4 is 5.73 Å². The largest absolute Gasteiger partial charge is 0.321 e. The maximum atomic E-state index is 11.0. The van der Waals surface area contributed by atoms with Crippen LogP contribution in [0, 0.1) is 13.8 Å². The van der Waals surface area contributed by atoms with Gasteiger partial charge in [0.25, 0.3) is 0 Å². The van der Waals surface area contributed by atoms with Gasteiger partial charge in [-0.25, -0.2) is 0 Å². The van der Waals surface area contributed by atoms with Gasteiger partial charge in [-0.1, -0.05) is 23.8 Å². The molecule has 2 heteroatoms. The highest BCUT2D eigenvalue weighted by atomic mass is 16.1. The SMILES string of the molecule is CC(=O)C(N)Cc1ccc(C)cc1C. The molecule has 0 radical (unpaired) electrons. The predicted octanol–water partition coefficient (Wildman–Crippen LogP) is 1.76. The van der Waals surface area contributed by atoms with E-state index >= 15 is 0 Å². The third-order valence-corrected chi connectivity index (χ3v) is 2.46. The van der Waals surface area contributed by atoms with E-state index in [-0.39, 0.29) is 11.8 Å². The number of hydrogen-bond acceptors (Lipinski definition) is 2. The Morgan fingerprint density at radius 2 is 2.07 bits per heavy atom. The van der Waals surface area contributed by atoms with Crippen molar-refractivity contribution in [3.05, 3.63) is 34.9 Å². The molecule has 0 aliphatic heterocycles. The van der Waals surface area contributed by atoms with E-state index in [9.17, 15) is 4.79 Å². The number of nitrogens with two attached hydrogens (primary N) is 1. The van der Waals surface area contributed by atoms with Crippen molar-refractivity contribution in [1.29, 1.82) is 0 Å². The average Bonchev–Trinajstić information content (AvgIpc) is 2.09. The number of ketones is 1. The lowest BCUT2D eigenvalue weighted by molar-refractivity contribution is -0.118. The van der Waals surface area contributed by atoms with Gasteiger partial charge in [-0.05, 0) is 38.3 Å². The summed E-state index contributed by atoms with van der Waals surface area (Å²) in [5.41, 5.74) is 9.32. The molecule has 1 rings (SSSR count). The van der Waals surface area contributed by atoms with Gasteiger partial charge in [0.15, 0.2) is 0 Å². The molecule has 0 aliphatic carbocycles. The van der Waals surface area contributed by atoms with E-state index in [0.717, 1.165) is 0 Å². The monoisotopic (exact) mass is 191 g/mol. The second-order valence-corrected chi connectivity index (χ2v) is 3.85. The van der Waals surface area contributed by atoms with Crippen LogP contribution in [0.1, 0.15) is 23.6 Å². The highest BCUT2D eigenvalue weighted by Crippen LogP contribution is 2.12. The number of Topliss-reactive ketones (excluding diaryl/α,β-unsaturated/α-hetero) is 1. The van der Waals surface area contributed by atoms with Gasteiger partial charge in [0, 0.05) is 0 Å². The third-order valence-electron chi connectivity index (χ3n) is 2.46. The van der Waals surface area contributed by atoms with Crippen LogP contribution in [0.5, 0.6) is 0 Å². The Labute approximate surface area is 85.1 Å². The minimum atomic E-state index is -0.364. The van der Waals surface area contributed by atoms with Gasteiger partial charge in [0.1, 0.15) is 5.78 Å². The van der Waals surface area contributed by atoms with Crippen molar-refractivity contribution in [3.8, 4) is 0 Å². The second-order valence-electron chi connectivity index (χ2n) is 3.85. The third kappa shape index (κ3) is 2.67. The van der Waals surface area contributed by atoms with Crippen LogP contribution in [0.25, 0.3) is 0 Å². The van der Waals surface area contributed by atoms with Crippen LogP contribution in [-0.4, -0.2) is 11.8 Å². The Bertz CT molecular complexity index is 344. The van der Waals surface area contributed by atoms with Crippen molar-refractivity contribution < 1.29 is 4.79 Å². The first-order chi connectivity index (χ1) is 6.50. The minimum Gasteiger partial charge on any atom is -0.321 e. The molecule has 0 amide bonds. The maximum Gasteiger partial charge on any atom is 0.146 e. The van der Waals surface area contributed by atoms with Gasteiger partial charge in [0.05, 0.1) is 6.04 Å². The normalized spacial score (nSPS) is 12.6. The topological polar surface area (TPSA) is 43.1 Å². The zero-order valence-corrected chi connectivity index (χ0v) is 9.00. The summed E-state index contributed by atoms with van der Waals surface area (Å²) in [4.78, 5) is 11.0. The summed E-state index contributed by atoms with van der Waals surface area (Å²) in [5.74, 6) is 0.0463. The van der Waals surface area contributed by atoms with Crippen LogP contribution in [0.4, 0.5) is 0 Å². The van der Waals surface area contributed by atoms with E-state index in [1.165, 1.54) is 23.6 Å². The van der Waals surface area contributed by atoms with E-state index < -0.39 is 0 Å². The van der Waals surface area contributed by atoms with Crippen LogP contribution >= 0.6 is 0 Å². The summed E-state index contributed by atoms with van der Waals surface area (Å²) in [6.07, 6.45) is 0.640. The van der Waals surface area contributed by atoms with Crippen molar-refractivity contribution in [1.82, 2.24) is 0 Å². The molecule has 0 saturated heterocycles. The van der Waals surface area contributed by atoms with Crippen LogP contribution in [0.3, 0.4) is 0 Å². The van der Waals surface area contributed by atoms with Crippen LogP contribution in [0.15, 0.2) is 18.2 Å². The van der Waals surface area contributed by atoms with Gasteiger partial charge in [0.2, 0.25) is 0 Å². The Morgan fingerprint density at radius 3 is 2.57 bits per heavy atom. The first-order valence-electron chi connectivity index (χ1n) is 4.83. The average molecular weight is 191 g/mol. The Hall–Kier alpha value is -1.15. The predicted molar refractivity (Wildman–Crippen MR) is 58.3 cm³/mol. The van der Waals surface area contributed by atoms with Gasteiger partial charge < -0.3 is 5.73 Å². The molecule has 2 N–H and O–H groups in total. The van der Waals surface area contributed by atoms with Crippen molar-refractivity contribution >= 4 is 5.78 Å². The van der Waals surface area contributed by atoms with Crippen molar-refractivity contribution in [3.63, 3.8) is 0 Å². The molecular weight excluding hydrogens is 174 g/mol. The molecule has 14 heavy (non-hydrogen) atoms. The molecule has 1 aromatic carbocycles. The van der Waals surface area contributed by atoms with Crippen LogP contribution in [0.2, 0.25) is 0 Å². The lowest BCUT2D eigenvalue weighted by atomic mass is 9.98. The Morgan fingerprint density at radius 1 is 1.43 bits per heavy atom. The molecule has 0 saturated carbocycles. The van der Waals surface area contributed by atoms with E-state index in [4.69, 9.17) is 5.73 Å². The molecule has 0 heterocycles. The summed E-state index contributed by atoms with van der Waals surface area (Å²) < 4.78 is 0. The van der Waals surface area contributed by atoms with Crippen molar-refractivity contribution in [2.45, 2.75) is 33.2 Å². The lowest BCUT2D eigenvalue weighted by Crippen LogP contribution is -2.30. The lowest BCUT2D eigenvalue weighted by Gasteiger charge is -2.10. The molecular formula is C12H17NO. The van der Waals surface area contributed by atoms with E-state index in [1.54, 1.807) is 0 Å². The van der Waals surface area contributed by atoms with Crippen LogP contribution in [-0.2, 0) is 11.2 Å². The van der Waals surface area contributed by atoms with Gasteiger partial charge in [-0.2, -0.15) is 0 Å². The molecule has 0 bridgehead atoms. The fourth-order valence-electron chi connectivity index (χ4n) is 1.46. The second kappa shape index (κ2) is 4.38. The summed E-state index contributed by atoms with van der Waals surface area (Å²) in [6, 6.07) is 5.85. The number of carbonyl (C=O) groups is 1. The van der Waals surface area contributed by atoms with Gasteiger partial charge >= 0.3 is 0 Å². The van der Waals surface area contributed by atoms with Crippen molar-refractivity contribution in [2.24, 2.45) is 5.73 Å². The number of hydrogen-bond donors (Lipinski definition) is 1. The Kier molecular flexibility index (Phi) is 3.42. The molecule has 1 atom stereocenters. The summed E-state index contributed by atoms with van der Waals surface area (Å²) in [7, 11) is 0.